The van der Waals surface area contributed by atoms with Gasteiger partial charge in [-0.1, -0.05) is 30.3 Å². The molecule has 3 aromatic rings. The van der Waals surface area contributed by atoms with Crippen molar-refractivity contribution in [3.8, 4) is 10.4 Å². The zero-order chi connectivity index (χ0) is 20.0. The van der Waals surface area contributed by atoms with Crippen molar-refractivity contribution < 1.29 is 8.42 Å². The lowest BCUT2D eigenvalue weighted by atomic mass is 10.1. The second kappa shape index (κ2) is 7.34. The Labute approximate surface area is 175 Å². The molecule has 2 aromatic heterocycles. The van der Waals surface area contributed by atoms with Gasteiger partial charge < -0.3 is 5.32 Å². The Hall–Kier alpha value is -2.03. The van der Waals surface area contributed by atoms with Gasteiger partial charge >= 0.3 is 0 Å². The minimum atomic E-state index is -3.07. The molecule has 0 unspecified atom stereocenters. The lowest BCUT2D eigenvalue weighted by Crippen LogP contribution is -2.43. The fourth-order valence-corrected chi connectivity index (χ4v) is 6.86. The Morgan fingerprint density at radius 2 is 1.79 bits per heavy atom. The van der Waals surface area contributed by atoms with E-state index in [1.54, 1.807) is 15.6 Å². The van der Waals surface area contributed by atoms with E-state index in [4.69, 9.17) is 0 Å². The average molecular weight is 429 g/mol. The van der Waals surface area contributed by atoms with E-state index in [-0.39, 0.29) is 11.3 Å². The highest BCUT2D eigenvalue weighted by Crippen LogP contribution is 2.36. The molecule has 1 aromatic carbocycles. The smallest absolute Gasteiger partial charge is 0.216 e. The van der Waals surface area contributed by atoms with E-state index in [1.165, 1.54) is 10.4 Å². The summed E-state index contributed by atoms with van der Waals surface area (Å²) in [6, 6.07) is 12.7. The maximum Gasteiger partial charge on any atom is 0.216 e. The average Bonchev–Trinajstić information content (AvgIpc) is 3.50. The zero-order valence-electron chi connectivity index (χ0n) is 16.3. The van der Waals surface area contributed by atoms with Crippen molar-refractivity contribution in [2.45, 2.75) is 43.9 Å². The highest BCUT2D eigenvalue weighted by Gasteiger charge is 2.41. The molecule has 29 heavy (non-hydrogen) atoms. The molecular weight excluding hydrogens is 404 g/mol. The molecule has 1 aliphatic carbocycles. The summed E-state index contributed by atoms with van der Waals surface area (Å²) in [5.74, 6) is 1.60. The SMILES string of the molecule is Cc1nc(NC2CCN(S(=O)(=O)C3CC3)CC2)c2cc(-c3ccccc3)sc2n1. The Morgan fingerprint density at radius 1 is 1.07 bits per heavy atom. The molecule has 1 saturated carbocycles. The standard InChI is InChI=1S/C21H24N4O2S2/c1-14-22-20(18-13-19(28-21(18)23-14)15-5-3-2-4-6-15)24-16-9-11-25(12-10-16)29(26,27)17-7-8-17/h2-6,13,16-17H,7-12H2,1H3,(H,22,23,24). The molecule has 2 aliphatic rings. The molecule has 1 N–H and O–H groups in total. The highest BCUT2D eigenvalue weighted by molar-refractivity contribution is 7.90. The maximum atomic E-state index is 12.5. The van der Waals surface area contributed by atoms with E-state index in [0.717, 1.165) is 47.5 Å². The summed E-state index contributed by atoms with van der Waals surface area (Å²) in [4.78, 5) is 11.4. The molecule has 5 rings (SSSR count). The van der Waals surface area contributed by atoms with E-state index < -0.39 is 10.0 Å². The Balaban J connectivity index is 1.36. The van der Waals surface area contributed by atoms with Gasteiger partial charge in [0.2, 0.25) is 10.0 Å². The second-order valence-corrected chi connectivity index (χ2v) is 11.1. The third kappa shape index (κ3) is 3.76. The number of thiophene rings is 1. The molecule has 152 valence electrons. The normalized spacial score (nSPS) is 18.9. The number of sulfonamides is 1. The van der Waals surface area contributed by atoms with Crippen molar-refractivity contribution >= 4 is 37.4 Å². The molecule has 2 fully saturated rings. The van der Waals surface area contributed by atoms with Crippen molar-refractivity contribution in [1.82, 2.24) is 14.3 Å². The fraction of sp³-hybridized carbons (Fsp3) is 0.429. The van der Waals surface area contributed by atoms with Gasteiger partial charge in [-0.3, -0.25) is 0 Å². The number of hydrogen-bond donors (Lipinski definition) is 1. The van der Waals surface area contributed by atoms with Gasteiger partial charge in [-0.05, 0) is 44.2 Å². The van der Waals surface area contributed by atoms with Gasteiger partial charge in [0.25, 0.3) is 0 Å². The molecular formula is C21H24N4O2S2. The first-order valence-electron chi connectivity index (χ1n) is 10.1. The number of benzene rings is 1. The van der Waals surface area contributed by atoms with Crippen LogP contribution in [0.1, 0.15) is 31.5 Å². The van der Waals surface area contributed by atoms with Gasteiger partial charge in [-0.2, -0.15) is 0 Å². The highest BCUT2D eigenvalue weighted by atomic mass is 32.2. The van der Waals surface area contributed by atoms with Crippen LogP contribution in [0, 0.1) is 6.92 Å². The number of fused-ring (bicyclic) bond motifs is 1. The van der Waals surface area contributed by atoms with Crippen molar-refractivity contribution in [3.63, 3.8) is 0 Å². The van der Waals surface area contributed by atoms with E-state index in [0.29, 0.717) is 13.1 Å². The third-order valence-corrected chi connectivity index (χ3v) is 9.14. The number of nitrogens with one attached hydrogen (secondary N) is 1. The van der Waals surface area contributed by atoms with E-state index >= 15 is 0 Å². The Morgan fingerprint density at radius 3 is 2.48 bits per heavy atom. The van der Waals surface area contributed by atoms with Crippen LogP contribution < -0.4 is 5.32 Å². The van der Waals surface area contributed by atoms with Crippen LogP contribution in [0.25, 0.3) is 20.7 Å². The molecule has 6 nitrogen and oxygen atoms in total. The third-order valence-electron chi connectivity index (χ3n) is 5.66. The van der Waals surface area contributed by atoms with E-state index in [1.807, 2.05) is 25.1 Å². The largest absolute Gasteiger partial charge is 0.367 e. The predicted molar refractivity (Wildman–Crippen MR) is 118 cm³/mol. The van der Waals surface area contributed by atoms with Gasteiger partial charge in [-0.15, -0.1) is 11.3 Å². The molecule has 1 saturated heterocycles. The molecule has 8 heteroatoms. The van der Waals surface area contributed by atoms with Crippen LogP contribution in [0.5, 0.6) is 0 Å². The van der Waals surface area contributed by atoms with Gasteiger partial charge in [0.15, 0.2) is 0 Å². The number of piperidine rings is 1. The topological polar surface area (TPSA) is 75.2 Å². The molecule has 3 heterocycles. The zero-order valence-corrected chi connectivity index (χ0v) is 18.0. The Bertz CT molecular complexity index is 1130. The summed E-state index contributed by atoms with van der Waals surface area (Å²) >= 11 is 1.68. The first-order valence-corrected chi connectivity index (χ1v) is 12.4. The summed E-state index contributed by atoms with van der Waals surface area (Å²) < 4.78 is 26.6. The lowest BCUT2D eigenvalue weighted by Gasteiger charge is -2.32. The maximum absolute atomic E-state index is 12.5. The van der Waals surface area contributed by atoms with E-state index in [9.17, 15) is 8.42 Å². The van der Waals surface area contributed by atoms with Crippen LogP contribution in [-0.4, -0.2) is 47.1 Å². The summed E-state index contributed by atoms with van der Waals surface area (Å²) in [6.07, 6.45) is 3.24. The number of rotatable bonds is 5. The molecule has 0 amide bonds. The minimum absolute atomic E-state index is 0.127. The number of hydrogen-bond acceptors (Lipinski definition) is 6. The first kappa shape index (κ1) is 19.0. The van der Waals surface area contributed by atoms with Gasteiger partial charge in [0, 0.05) is 24.0 Å². The number of nitrogens with zero attached hydrogens (tertiary/aromatic N) is 3. The van der Waals surface area contributed by atoms with Crippen LogP contribution in [0.3, 0.4) is 0 Å². The second-order valence-electron chi connectivity index (χ2n) is 7.88. The summed E-state index contributed by atoms with van der Waals surface area (Å²) in [7, 11) is -3.07. The first-order chi connectivity index (χ1) is 14.0. The van der Waals surface area contributed by atoms with E-state index in [2.05, 4.69) is 33.5 Å². The summed E-state index contributed by atoms with van der Waals surface area (Å²) in [5, 5.41) is 4.49. The molecule has 0 spiro atoms. The number of aromatic nitrogens is 2. The fourth-order valence-electron chi connectivity index (χ4n) is 3.91. The van der Waals surface area contributed by atoms with Crippen molar-refractivity contribution in [2.75, 3.05) is 18.4 Å². The molecule has 1 aliphatic heterocycles. The Kier molecular flexibility index (Phi) is 4.80. The lowest BCUT2D eigenvalue weighted by molar-refractivity contribution is 0.329. The van der Waals surface area contributed by atoms with Gasteiger partial charge in [0.05, 0.1) is 10.6 Å². The van der Waals surface area contributed by atoms with Crippen LogP contribution in [0.2, 0.25) is 0 Å². The molecule has 0 atom stereocenters. The molecule has 0 radical (unpaired) electrons. The van der Waals surface area contributed by atoms with Gasteiger partial charge in [-0.25, -0.2) is 22.7 Å². The summed E-state index contributed by atoms with van der Waals surface area (Å²) in [5.41, 5.74) is 1.18. The quantitative estimate of drug-likeness (QED) is 0.664. The summed E-state index contributed by atoms with van der Waals surface area (Å²) in [6.45, 7) is 3.09. The van der Waals surface area contributed by atoms with Crippen LogP contribution in [0.4, 0.5) is 5.82 Å². The predicted octanol–water partition coefficient (Wildman–Crippen LogP) is 4.04. The monoisotopic (exact) mass is 428 g/mol. The molecule has 0 bridgehead atoms. The van der Waals surface area contributed by atoms with Crippen molar-refractivity contribution in [3.05, 3.63) is 42.2 Å². The number of aryl methyl sites for hydroxylation is 1. The van der Waals surface area contributed by atoms with Gasteiger partial charge in [0.1, 0.15) is 16.5 Å². The minimum Gasteiger partial charge on any atom is -0.367 e. The van der Waals surface area contributed by atoms with Crippen LogP contribution >= 0.6 is 11.3 Å². The van der Waals surface area contributed by atoms with Crippen LogP contribution in [-0.2, 0) is 10.0 Å². The van der Waals surface area contributed by atoms with Crippen LogP contribution in [0.15, 0.2) is 36.4 Å². The van der Waals surface area contributed by atoms with Crippen molar-refractivity contribution in [1.29, 1.82) is 0 Å². The number of anilines is 1. The van der Waals surface area contributed by atoms with Crippen molar-refractivity contribution in [2.24, 2.45) is 0 Å².